The summed E-state index contributed by atoms with van der Waals surface area (Å²) in [5.74, 6) is 1.06. The Kier molecular flexibility index (Phi) is 3.21. The number of aromatic nitrogens is 2. The molecule has 2 bridgehead atoms. The Morgan fingerprint density at radius 2 is 2.06 bits per heavy atom. The highest BCUT2D eigenvalue weighted by Crippen LogP contribution is 2.27. The summed E-state index contributed by atoms with van der Waals surface area (Å²) in [4.78, 5) is 13.2. The van der Waals surface area contributed by atoms with Gasteiger partial charge in [0.05, 0.1) is 6.04 Å². The first kappa shape index (κ1) is 12.3. The Hall–Kier alpha value is -0.780. The number of aromatic amines is 1. The Morgan fingerprint density at radius 3 is 2.61 bits per heavy atom. The van der Waals surface area contributed by atoms with E-state index in [1.165, 1.54) is 18.8 Å². The van der Waals surface area contributed by atoms with E-state index in [0.717, 1.165) is 42.1 Å². The fourth-order valence-corrected chi connectivity index (χ4v) is 3.21. The lowest BCUT2D eigenvalue weighted by Crippen LogP contribution is -2.57. The SMILES string of the molecule is CCc1[nH]c(C2CN3CCN2CC3)nc(=S)c1C. The highest BCUT2D eigenvalue weighted by atomic mass is 32.1. The van der Waals surface area contributed by atoms with Gasteiger partial charge in [0, 0.05) is 44.0 Å². The van der Waals surface area contributed by atoms with Crippen molar-refractivity contribution in [1.82, 2.24) is 19.8 Å². The zero-order chi connectivity index (χ0) is 12.7. The molecular weight excluding hydrogens is 244 g/mol. The van der Waals surface area contributed by atoms with Crippen molar-refractivity contribution in [3.8, 4) is 0 Å². The van der Waals surface area contributed by atoms with Crippen molar-refractivity contribution >= 4 is 12.2 Å². The minimum atomic E-state index is 0.403. The number of nitrogens with zero attached hydrogens (tertiary/aromatic N) is 3. The molecule has 4 rings (SSSR count). The second-order valence-corrected chi connectivity index (χ2v) is 5.62. The van der Waals surface area contributed by atoms with Crippen LogP contribution >= 0.6 is 12.2 Å². The predicted molar refractivity (Wildman–Crippen MR) is 74.3 cm³/mol. The van der Waals surface area contributed by atoms with Gasteiger partial charge in [-0.25, -0.2) is 4.98 Å². The first-order valence-electron chi connectivity index (χ1n) is 6.75. The van der Waals surface area contributed by atoms with E-state index in [-0.39, 0.29) is 0 Å². The number of fused-ring (bicyclic) bond motifs is 3. The first-order valence-corrected chi connectivity index (χ1v) is 7.16. The molecule has 0 aromatic carbocycles. The molecule has 1 unspecified atom stereocenters. The largest absolute Gasteiger partial charge is 0.346 e. The molecule has 1 atom stereocenters. The second-order valence-electron chi connectivity index (χ2n) is 5.24. The molecule has 3 fully saturated rings. The maximum atomic E-state index is 5.39. The van der Waals surface area contributed by atoms with Gasteiger partial charge in [-0.15, -0.1) is 0 Å². The van der Waals surface area contributed by atoms with Crippen LogP contribution in [0.25, 0.3) is 0 Å². The molecule has 4 nitrogen and oxygen atoms in total. The molecule has 0 aliphatic carbocycles. The Bertz CT molecular complexity index is 502. The highest BCUT2D eigenvalue weighted by Gasteiger charge is 2.34. The third kappa shape index (κ3) is 2.00. The Morgan fingerprint density at radius 1 is 1.33 bits per heavy atom. The van der Waals surface area contributed by atoms with E-state index in [1.54, 1.807) is 0 Å². The molecule has 18 heavy (non-hydrogen) atoms. The zero-order valence-corrected chi connectivity index (χ0v) is 11.9. The van der Waals surface area contributed by atoms with Crippen molar-refractivity contribution in [2.24, 2.45) is 0 Å². The van der Waals surface area contributed by atoms with Crippen molar-refractivity contribution in [2.45, 2.75) is 26.3 Å². The van der Waals surface area contributed by atoms with Gasteiger partial charge in [-0.2, -0.15) is 0 Å². The maximum Gasteiger partial charge on any atom is 0.132 e. The molecule has 5 heteroatoms. The number of rotatable bonds is 2. The van der Waals surface area contributed by atoms with E-state index < -0.39 is 0 Å². The van der Waals surface area contributed by atoms with E-state index in [2.05, 4.69) is 33.6 Å². The van der Waals surface area contributed by atoms with Crippen molar-refractivity contribution in [3.63, 3.8) is 0 Å². The van der Waals surface area contributed by atoms with Crippen LogP contribution < -0.4 is 0 Å². The average molecular weight is 264 g/mol. The third-order valence-electron chi connectivity index (χ3n) is 4.22. The first-order chi connectivity index (χ1) is 8.69. The number of nitrogens with one attached hydrogen (secondary N) is 1. The number of hydrogen-bond donors (Lipinski definition) is 1. The van der Waals surface area contributed by atoms with Gasteiger partial charge in [0.2, 0.25) is 0 Å². The van der Waals surface area contributed by atoms with Gasteiger partial charge in [-0.1, -0.05) is 19.1 Å². The summed E-state index contributed by atoms with van der Waals surface area (Å²) in [6.07, 6.45) is 0.988. The van der Waals surface area contributed by atoms with Gasteiger partial charge in [0.15, 0.2) is 0 Å². The fraction of sp³-hybridized carbons (Fsp3) is 0.692. The molecule has 1 aromatic heterocycles. The maximum absolute atomic E-state index is 5.39. The third-order valence-corrected chi connectivity index (χ3v) is 4.62. The topological polar surface area (TPSA) is 35.2 Å². The molecule has 0 amide bonds. The summed E-state index contributed by atoms with van der Waals surface area (Å²) >= 11 is 5.39. The number of aryl methyl sites for hydroxylation is 1. The molecule has 1 N–H and O–H groups in total. The van der Waals surface area contributed by atoms with E-state index in [1.807, 2.05) is 0 Å². The van der Waals surface area contributed by atoms with Gasteiger partial charge < -0.3 is 4.98 Å². The molecule has 3 saturated heterocycles. The molecule has 1 aromatic rings. The smallest absolute Gasteiger partial charge is 0.132 e. The summed E-state index contributed by atoms with van der Waals surface area (Å²) < 4.78 is 0.762. The monoisotopic (exact) mass is 264 g/mol. The van der Waals surface area contributed by atoms with Crippen LogP contribution in [0.1, 0.15) is 30.0 Å². The van der Waals surface area contributed by atoms with Crippen molar-refractivity contribution in [1.29, 1.82) is 0 Å². The summed E-state index contributed by atoms with van der Waals surface area (Å²) in [5, 5.41) is 0. The summed E-state index contributed by atoms with van der Waals surface area (Å²) in [6, 6.07) is 0.403. The molecule has 4 heterocycles. The van der Waals surface area contributed by atoms with E-state index in [0.29, 0.717) is 6.04 Å². The summed E-state index contributed by atoms with van der Waals surface area (Å²) in [5.41, 5.74) is 2.37. The lowest BCUT2D eigenvalue weighted by atomic mass is 10.1. The zero-order valence-electron chi connectivity index (χ0n) is 11.1. The molecule has 3 aliphatic rings. The molecule has 0 radical (unpaired) electrons. The van der Waals surface area contributed by atoms with Crippen molar-refractivity contribution in [3.05, 3.63) is 21.7 Å². The lowest BCUT2D eigenvalue weighted by molar-refractivity contribution is 0.00850. The van der Waals surface area contributed by atoms with Crippen LogP contribution in [0.2, 0.25) is 0 Å². The van der Waals surface area contributed by atoms with Crippen LogP contribution in [-0.2, 0) is 6.42 Å². The van der Waals surface area contributed by atoms with Crippen molar-refractivity contribution < 1.29 is 0 Å². The molecule has 0 spiro atoms. The number of piperazine rings is 3. The second kappa shape index (κ2) is 4.72. The van der Waals surface area contributed by atoms with Crippen LogP contribution in [0.3, 0.4) is 0 Å². The van der Waals surface area contributed by atoms with Gasteiger partial charge in [0.25, 0.3) is 0 Å². The van der Waals surface area contributed by atoms with Gasteiger partial charge in [-0.3, -0.25) is 9.80 Å². The number of H-pyrrole nitrogens is 1. The fourth-order valence-electron chi connectivity index (χ4n) is 2.99. The Labute approximate surface area is 113 Å². The normalized spacial score (nSPS) is 30.7. The number of hydrogen-bond acceptors (Lipinski definition) is 4. The lowest BCUT2D eigenvalue weighted by Gasteiger charge is -2.46. The highest BCUT2D eigenvalue weighted by molar-refractivity contribution is 7.71. The molecule has 3 aliphatic heterocycles. The average Bonchev–Trinajstić information content (AvgIpc) is 2.43. The molecule has 0 saturated carbocycles. The van der Waals surface area contributed by atoms with E-state index in [9.17, 15) is 0 Å². The summed E-state index contributed by atoms with van der Waals surface area (Å²) in [7, 11) is 0. The quantitative estimate of drug-likeness (QED) is 0.824. The van der Waals surface area contributed by atoms with E-state index >= 15 is 0 Å². The Balaban J connectivity index is 1.97. The molecule has 98 valence electrons. The van der Waals surface area contributed by atoms with Crippen LogP contribution in [0.5, 0.6) is 0 Å². The standard InChI is InChI=1S/C13H20N4S/c1-3-10-9(2)13(18)15-12(14-10)11-8-16-4-6-17(11)7-5-16/h11H,3-8H2,1-2H3,(H,14,15,18). The van der Waals surface area contributed by atoms with Gasteiger partial charge in [0.1, 0.15) is 10.5 Å². The van der Waals surface area contributed by atoms with Crippen LogP contribution in [-0.4, -0.2) is 52.5 Å². The predicted octanol–water partition coefficient (Wildman–Crippen LogP) is 1.68. The molecular formula is C13H20N4S. The minimum absolute atomic E-state index is 0.403. The minimum Gasteiger partial charge on any atom is -0.346 e. The van der Waals surface area contributed by atoms with E-state index in [4.69, 9.17) is 12.2 Å². The van der Waals surface area contributed by atoms with Gasteiger partial charge in [-0.05, 0) is 13.3 Å². The van der Waals surface area contributed by atoms with Crippen LogP contribution in [0.15, 0.2) is 0 Å². The van der Waals surface area contributed by atoms with Crippen LogP contribution in [0.4, 0.5) is 0 Å². The van der Waals surface area contributed by atoms with Gasteiger partial charge >= 0.3 is 0 Å². The van der Waals surface area contributed by atoms with Crippen molar-refractivity contribution in [2.75, 3.05) is 32.7 Å². The summed E-state index contributed by atoms with van der Waals surface area (Å²) in [6.45, 7) is 10.0. The van der Waals surface area contributed by atoms with Crippen LogP contribution in [0, 0.1) is 11.6 Å².